The van der Waals surface area contributed by atoms with E-state index in [0.29, 0.717) is 11.1 Å². The van der Waals surface area contributed by atoms with Crippen LogP contribution in [-0.2, 0) is 4.79 Å². The van der Waals surface area contributed by atoms with E-state index < -0.39 is 0 Å². The molecule has 3 heteroatoms. The van der Waals surface area contributed by atoms with Crippen LogP contribution in [0.15, 0.2) is 35.9 Å². The lowest BCUT2D eigenvalue weighted by atomic mass is 9.87. The molecule has 0 bridgehead atoms. The fourth-order valence-electron chi connectivity index (χ4n) is 1.71. The molecule has 1 aliphatic carbocycles. The van der Waals surface area contributed by atoms with Gasteiger partial charge in [-0.05, 0) is 0 Å². The predicted molar refractivity (Wildman–Crippen MR) is 58.5 cm³/mol. The molecule has 1 aromatic rings. The lowest BCUT2D eigenvalue weighted by molar-refractivity contribution is -0.114. The highest BCUT2D eigenvalue weighted by atomic mass is 16.2. The van der Waals surface area contributed by atoms with Gasteiger partial charge in [0.15, 0.2) is 17.3 Å². The van der Waals surface area contributed by atoms with Gasteiger partial charge in [-0.15, -0.1) is 0 Å². The number of benzene rings is 1. The molecule has 0 radical (unpaired) electrons. The monoisotopic (exact) mass is 214 g/mol. The molecule has 0 N–H and O–H groups in total. The van der Waals surface area contributed by atoms with E-state index in [4.69, 9.17) is 0 Å². The van der Waals surface area contributed by atoms with Gasteiger partial charge in [0.25, 0.3) is 0 Å². The zero-order chi connectivity index (χ0) is 11.7. The number of hydrogen-bond donors (Lipinski definition) is 0. The standard InChI is InChI=1S/C13H10O3/c1-2-11(14)10-7-12(15)8-5-3-4-6-9(8)13(10)16/h3-7H,2H2,1H3. The number of carbonyl (C=O) groups is 3. The highest BCUT2D eigenvalue weighted by molar-refractivity contribution is 6.34. The van der Waals surface area contributed by atoms with Crippen LogP contribution >= 0.6 is 0 Å². The molecule has 80 valence electrons. The summed E-state index contributed by atoms with van der Waals surface area (Å²) >= 11 is 0. The molecule has 0 heterocycles. The fourth-order valence-corrected chi connectivity index (χ4v) is 1.71. The number of fused-ring (bicyclic) bond motifs is 1. The van der Waals surface area contributed by atoms with Gasteiger partial charge in [-0.25, -0.2) is 0 Å². The van der Waals surface area contributed by atoms with Crippen molar-refractivity contribution < 1.29 is 14.4 Å². The van der Waals surface area contributed by atoms with E-state index in [0.717, 1.165) is 6.08 Å². The highest BCUT2D eigenvalue weighted by Crippen LogP contribution is 2.21. The Labute approximate surface area is 92.8 Å². The van der Waals surface area contributed by atoms with E-state index in [2.05, 4.69) is 0 Å². The van der Waals surface area contributed by atoms with E-state index in [9.17, 15) is 14.4 Å². The number of allylic oxidation sites excluding steroid dienone is 2. The Morgan fingerprint density at radius 3 is 2.38 bits per heavy atom. The second kappa shape index (κ2) is 3.85. The first kappa shape index (κ1) is 10.5. The number of rotatable bonds is 2. The molecule has 3 nitrogen and oxygen atoms in total. The second-order valence-corrected chi connectivity index (χ2v) is 3.57. The molecule has 0 fully saturated rings. The highest BCUT2D eigenvalue weighted by Gasteiger charge is 2.27. The molecule has 0 saturated carbocycles. The number of ketones is 3. The lowest BCUT2D eigenvalue weighted by Crippen LogP contribution is -2.21. The Bertz CT molecular complexity index is 524. The minimum atomic E-state index is -0.345. The number of hydrogen-bond acceptors (Lipinski definition) is 3. The smallest absolute Gasteiger partial charge is 0.197 e. The van der Waals surface area contributed by atoms with Crippen LogP contribution < -0.4 is 0 Å². The van der Waals surface area contributed by atoms with Gasteiger partial charge in [0, 0.05) is 23.6 Å². The van der Waals surface area contributed by atoms with Crippen molar-refractivity contribution in [2.45, 2.75) is 13.3 Å². The van der Waals surface area contributed by atoms with E-state index in [1.54, 1.807) is 31.2 Å². The summed E-state index contributed by atoms with van der Waals surface area (Å²) in [5, 5.41) is 0. The first-order valence-electron chi connectivity index (χ1n) is 5.08. The molecular weight excluding hydrogens is 204 g/mol. The SMILES string of the molecule is CCC(=O)C1=CC(=O)c2ccccc2C1=O. The van der Waals surface area contributed by atoms with Crippen LogP contribution in [0.5, 0.6) is 0 Å². The molecule has 0 unspecified atom stereocenters. The second-order valence-electron chi connectivity index (χ2n) is 3.57. The normalized spacial score (nSPS) is 14.4. The van der Waals surface area contributed by atoms with Gasteiger partial charge in [-0.2, -0.15) is 0 Å². The van der Waals surface area contributed by atoms with Crippen LogP contribution in [0.3, 0.4) is 0 Å². The molecule has 0 saturated heterocycles. The molecule has 0 aromatic heterocycles. The Hall–Kier alpha value is -2.03. The molecule has 0 aliphatic heterocycles. The van der Waals surface area contributed by atoms with Crippen LogP contribution in [0.25, 0.3) is 0 Å². The quantitative estimate of drug-likeness (QED) is 0.707. The molecule has 1 aromatic carbocycles. The predicted octanol–water partition coefficient (Wildman–Crippen LogP) is 1.97. The molecule has 0 amide bonds. The van der Waals surface area contributed by atoms with Gasteiger partial charge in [0.2, 0.25) is 0 Å². The topological polar surface area (TPSA) is 51.2 Å². The molecule has 2 rings (SSSR count). The molecular formula is C13H10O3. The summed E-state index contributed by atoms with van der Waals surface area (Å²) in [6.07, 6.45) is 1.38. The van der Waals surface area contributed by atoms with Gasteiger partial charge < -0.3 is 0 Å². The lowest BCUT2D eigenvalue weighted by Gasteiger charge is -2.13. The average molecular weight is 214 g/mol. The minimum Gasteiger partial charge on any atom is -0.294 e. The maximum Gasteiger partial charge on any atom is 0.197 e. The average Bonchev–Trinajstić information content (AvgIpc) is 2.33. The van der Waals surface area contributed by atoms with E-state index in [1.165, 1.54) is 0 Å². The van der Waals surface area contributed by atoms with E-state index >= 15 is 0 Å². The van der Waals surface area contributed by atoms with E-state index in [-0.39, 0.29) is 29.3 Å². The van der Waals surface area contributed by atoms with Crippen molar-refractivity contribution in [3.05, 3.63) is 47.0 Å². The summed E-state index contributed by atoms with van der Waals surface area (Å²) in [7, 11) is 0. The van der Waals surface area contributed by atoms with Crippen molar-refractivity contribution >= 4 is 17.3 Å². The fraction of sp³-hybridized carbons (Fsp3) is 0.154. The number of Topliss-reactive ketones (excluding diaryl/α,β-unsaturated/α-hetero) is 2. The van der Waals surface area contributed by atoms with Crippen molar-refractivity contribution in [2.75, 3.05) is 0 Å². The van der Waals surface area contributed by atoms with Gasteiger partial charge in [0.1, 0.15) is 0 Å². The first-order chi connectivity index (χ1) is 7.65. The van der Waals surface area contributed by atoms with Crippen molar-refractivity contribution in [1.82, 2.24) is 0 Å². The van der Waals surface area contributed by atoms with Crippen molar-refractivity contribution in [1.29, 1.82) is 0 Å². The van der Waals surface area contributed by atoms with Gasteiger partial charge in [-0.1, -0.05) is 31.2 Å². The Balaban J connectivity index is 2.56. The van der Waals surface area contributed by atoms with Crippen LogP contribution in [0.4, 0.5) is 0 Å². The zero-order valence-corrected chi connectivity index (χ0v) is 8.82. The van der Waals surface area contributed by atoms with Gasteiger partial charge in [-0.3, -0.25) is 14.4 Å². The van der Waals surface area contributed by atoms with Crippen LogP contribution in [0, 0.1) is 0 Å². The minimum absolute atomic E-state index is 0.00574. The Kier molecular flexibility index (Phi) is 2.52. The summed E-state index contributed by atoms with van der Waals surface area (Å²) in [6, 6.07) is 6.55. The zero-order valence-electron chi connectivity index (χ0n) is 8.82. The largest absolute Gasteiger partial charge is 0.294 e. The van der Waals surface area contributed by atoms with Crippen molar-refractivity contribution in [2.24, 2.45) is 0 Å². The van der Waals surface area contributed by atoms with E-state index in [1.807, 2.05) is 0 Å². The molecule has 0 atom stereocenters. The third-order valence-corrected chi connectivity index (χ3v) is 2.58. The third-order valence-electron chi connectivity index (χ3n) is 2.58. The van der Waals surface area contributed by atoms with Crippen molar-refractivity contribution in [3.63, 3.8) is 0 Å². The molecule has 16 heavy (non-hydrogen) atoms. The molecule has 1 aliphatic rings. The third kappa shape index (κ3) is 1.50. The van der Waals surface area contributed by atoms with Crippen LogP contribution in [-0.4, -0.2) is 17.3 Å². The van der Waals surface area contributed by atoms with Crippen LogP contribution in [0.2, 0.25) is 0 Å². The number of carbonyl (C=O) groups excluding carboxylic acids is 3. The van der Waals surface area contributed by atoms with Crippen LogP contribution in [0.1, 0.15) is 34.1 Å². The maximum atomic E-state index is 11.9. The maximum absolute atomic E-state index is 11.9. The Morgan fingerprint density at radius 2 is 1.75 bits per heavy atom. The summed E-state index contributed by atoms with van der Waals surface area (Å²) in [5.41, 5.74) is 0.707. The summed E-state index contributed by atoms with van der Waals surface area (Å²) in [4.78, 5) is 35.1. The summed E-state index contributed by atoms with van der Waals surface area (Å²) < 4.78 is 0. The summed E-state index contributed by atoms with van der Waals surface area (Å²) in [6.45, 7) is 1.67. The van der Waals surface area contributed by atoms with Gasteiger partial charge >= 0.3 is 0 Å². The first-order valence-corrected chi connectivity index (χ1v) is 5.08. The van der Waals surface area contributed by atoms with Crippen molar-refractivity contribution in [3.8, 4) is 0 Å². The summed E-state index contributed by atoms with van der Waals surface area (Å²) in [5.74, 6) is -0.901. The van der Waals surface area contributed by atoms with Gasteiger partial charge in [0.05, 0.1) is 5.57 Å². The Morgan fingerprint density at radius 1 is 1.12 bits per heavy atom. The molecule has 0 spiro atoms.